The summed E-state index contributed by atoms with van der Waals surface area (Å²) in [4.78, 5) is 33.0. The first-order valence-corrected chi connectivity index (χ1v) is 11.3. The lowest BCUT2D eigenvalue weighted by Gasteiger charge is -2.25. The van der Waals surface area contributed by atoms with Crippen LogP contribution in [0.3, 0.4) is 0 Å². The second-order valence-electron chi connectivity index (χ2n) is 7.65. The summed E-state index contributed by atoms with van der Waals surface area (Å²) in [6, 6.07) is 14.8. The molecule has 7 nitrogen and oxygen atoms in total. The van der Waals surface area contributed by atoms with E-state index in [1.807, 2.05) is 19.9 Å². The van der Waals surface area contributed by atoms with Gasteiger partial charge in [-0.25, -0.2) is 4.98 Å². The molecule has 5 rings (SSSR count). The molecule has 0 saturated carbocycles. The first-order chi connectivity index (χ1) is 16.5. The lowest BCUT2D eigenvalue weighted by molar-refractivity contribution is 0.0970. The quantitative estimate of drug-likeness (QED) is 0.371. The third-order valence-corrected chi connectivity index (χ3v) is 5.84. The number of halogens is 1. The van der Waals surface area contributed by atoms with Gasteiger partial charge in [0.2, 0.25) is 5.76 Å². The highest BCUT2D eigenvalue weighted by Crippen LogP contribution is 2.42. The Labute approximate surface area is 200 Å². The lowest BCUT2D eigenvalue weighted by Crippen LogP contribution is -2.30. The Morgan fingerprint density at radius 1 is 1.00 bits per heavy atom. The summed E-state index contributed by atoms with van der Waals surface area (Å²) in [5.74, 6) is 0.999. The van der Waals surface area contributed by atoms with E-state index in [1.54, 1.807) is 48.5 Å². The minimum absolute atomic E-state index is 0.00250. The number of rotatable bonds is 6. The fourth-order valence-electron chi connectivity index (χ4n) is 4.22. The van der Waals surface area contributed by atoms with Crippen LogP contribution in [0.4, 0.5) is 5.82 Å². The van der Waals surface area contributed by atoms with Gasteiger partial charge in [-0.15, -0.1) is 0 Å². The number of amides is 1. The lowest BCUT2D eigenvalue weighted by atomic mass is 9.98. The maximum atomic E-state index is 13.6. The molecule has 1 atom stereocenters. The minimum atomic E-state index is -0.771. The van der Waals surface area contributed by atoms with E-state index >= 15 is 0 Å². The van der Waals surface area contributed by atoms with Crippen LogP contribution in [-0.2, 0) is 0 Å². The molecule has 0 radical (unpaired) electrons. The van der Waals surface area contributed by atoms with E-state index in [1.165, 1.54) is 11.1 Å². The van der Waals surface area contributed by atoms with Gasteiger partial charge in [0.1, 0.15) is 11.4 Å². The number of ether oxygens (including phenoxy) is 2. The van der Waals surface area contributed by atoms with E-state index < -0.39 is 11.9 Å². The molecule has 3 heterocycles. The Morgan fingerprint density at radius 3 is 2.50 bits per heavy atom. The Hall–Kier alpha value is -3.84. The van der Waals surface area contributed by atoms with Crippen LogP contribution >= 0.6 is 11.6 Å². The van der Waals surface area contributed by atoms with Crippen molar-refractivity contribution in [1.82, 2.24) is 4.98 Å². The van der Waals surface area contributed by atoms with E-state index in [0.29, 0.717) is 52.1 Å². The van der Waals surface area contributed by atoms with Gasteiger partial charge in [0.15, 0.2) is 16.9 Å². The number of hydrogen-bond acceptors (Lipinski definition) is 6. The molecule has 8 heteroatoms. The molecule has 2 aromatic heterocycles. The van der Waals surface area contributed by atoms with E-state index in [2.05, 4.69) is 4.98 Å². The number of aromatic nitrogens is 1. The van der Waals surface area contributed by atoms with Crippen molar-refractivity contribution in [2.24, 2.45) is 0 Å². The summed E-state index contributed by atoms with van der Waals surface area (Å²) >= 11 is 6.03. The number of nitrogens with zero attached hydrogens (tertiary/aromatic N) is 2. The number of fused-ring (bicyclic) bond motifs is 2. The molecule has 0 bridgehead atoms. The number of carbonyl (C=O) groups excluding carboxylic acids is 1. The van der Waals surface area contributed by atoms with E-state index in [0.717, 1.165) is 0 Å². The molecular formula is C26H21ClN2O5. The van der Waals surface area contributed by atoms with Gasteiger partial charge < -0.3 is 13.9 Å². The highest BCUT2D eigenvalue weighted by atomic mass is 35.5. The monoisotopic (exact) mass is 476 g/mol. The molecule has 0 spiro atoms. The summed E-state index contributed by atoms with van der Waals surface area (Å²) in [6.45, 7) is 4.67. The molecule has 1 aliphatic rings. The average Bonchev–Trinajstić information content (AvgIpc) is 3.14. The first-order valence-electron chi connectivity index (χ1n) is 10.9. The molecule has 34 heavy (non-hydrogen) atoms. The maximum Gasteiger partial charge on any atom is 0.296 e. The van der Waals surface area contributed by atoms with Crippen molar-refractivity contribution in [3.63, 3.8) is 0 Å². The molecule has 2 aromatic carbocycles. The Bertz CT molecular complexity index is 1450. The molecule has 0 fully saturated rings. The predicted molar refractivity (Wildman–Crippen MR) is 129 cm³/mol. The molecule has 0 aliphatic carbocycles. The summed E-state index contributed by atoms with van der Waals surface area (Å²) in [6.07, 6.45) is 1.46. The van der Waals surface area contributed by atoms with E-state index in [9.17, 15) is 9.59 Å². The fraction of sp³-hybridized carbons (Fsp3) is 0.192. The predicted octanol–water partition coefficient (Wildman–Crippen LogP) is 5.39. The SMILES string of the molecule is CCOc1ccc(C2c3c(oc4ccccc4c3=O)C(=O)N2c2ccc(Cl)cn2)cc1OCC. The summed E-state index contributed by atoms with van der Waals surface area (Å²) in [5.41, 5.74) is 1.01. The molecule has 4 aromatic rings. The van der Waals surface area contributed by atoms with Crippen LogP contribution in [-0.4, -0.2) is 24.1 Å². The normalized spacial score (nSPS) is 15.0. The van der Waals surface area contributed by atoms with Crippen LogP contribution < -0.4 is 19.8 Å². The van der Waals surface area contributed by atoms with Crippen molar-refractivity contribution in [2.75, 3.05) is 18.1 Å². The molecular weight excluding hydrogens is 456 g/mol. The molecule has 0 saturated heterocycles. The third kappa shape index (κ3) is 3.58. The molecule has 0 N–H and O–H groups in total. The Balaban J connectivity index is 1.76. The van der Waals surface area contributed by atoms with Gasteiger partial charge in [-0.05, 0) is 55.8 Å². The zero-order valence-electron chi connectivity index (χ0n) is 18.6. The second-order valence-corrected chi connectivity index (χ2v) is 8.09. The van der Waals surface area contributed by atoms with Crippen molar-refractivity contribution in [1.29, 1.82) is 0 Å². The van der Waals surface area contributed by atoms with E-state index in [-0.39, 0.29) is 16.8 Å². The molecule has 1 aliphatic heterocycles. The van der Waals surface area contributed by atoms with Crippen molar-refractivity contribution in [2.45, 2.75) is 19.9 Å². The molecule has 1 amide bonds. The van der Waals surface area contributed by atoms with Crippen LogP contribution in [0.2, 0.25) is 5.02 Å². The minimum Gasteiger partial charge on any atom is -0.490 e. The second kappa shape index (κ2) is 8.83. The van der Waals surface area contributed by atoms with Gasteiger partial charge in [0, 0.05) is 6.20 Å². The highest BCUT2D eigenvalue weighted by molar-refractivity contribution is 6.30. The van der Waals surface area contributed by atoms with Gasteiger partial charge in [-0.3, -0.25) is 14.5 Å². The van der Waals surface area contributed by atoms with E-state index in [4.69, 9.17) is 25.5 Å². The third-order valence-electron chi connectivity index (χ3n) is 5.62. The topological polar surface area (TPSA) is 81.9 Å². The van der Waals surface area contributed by atoms with Crippen LogP contribution in [0, 0.1) is 0 Å². The van der Waals surface area contributed by atoms with Crippen LogP contribution in [0.1, 0.15) is 41.6 Å². The van der Waals surface area contributed by atoms with Crippen LogP contribution in [0.5, 0.6) is 11.5 Å². The summed E-state index contributed by atoms with van der Waals surface area (Å²) in [5, 5.41) is 0.838. The van der Waals surface area contributed by atoms with Crippen molar-refractivity contribution in [3.8, 4) is 11.5 Å². The van der Waals surface area contributed by atoms with Crippen molar-refractivity contribution in [3.05, 3.63) is 92.9 Å². The standard InChI is InChI=1S/C26H21ClN2O5/c1-3-32-19-11-9-15(13-20(19)33-4-2)23-22-24(30)17-7-5-6-8-18(17)34-25(22)26(31)29(23)21-12-10-16(27)14-28-21/h5-14,23H,3-4H2,1-2H3. The van der Waals surface area contributed by atoms with Crippen LogP contribution in [0.25, 0.3) is 11.0 Å². The van der Waals surface area contributed by atoms with Crippen LogP contribution in [0.15, 0.2) is 70.0 Å². The highest BCUT2D eigenvalue weighted by Gasteiger charge is 2.44. The summed E-state index contributed by atoms with van der Waals surface area (Å²) < 4.78 is 17.5. The zero-order valence-corrected chi connectivity index (χ0v) is 19.3. The number of anilines is 1. The summed E-state index contributed by atoms with van der Waals surface area (Å²) in [7, 11) is 0. The Morgan fingerprint density at radius 2 is 1.76 bits per heavy atom. The van der Waals surface area contributed by atoms with Gasteiger partial charge in [0.05, 0.1) is 35.2 Å². The number of benzene rings is 2. The molecule has 1 unspecified atom stereocenters. The Kier molecular flexibility index (Phi) is 5.71. The fourth-order valence-corrected chi connectivity index (χ4v) is 4.33. The van der Waals surface area contributed by atoms with Gasteiger partial charge in [0.25, 0.3) is 5.91 Å². The van der Waals surface area contributed by atoms with Gasteiger partial charge in [-0.1, -0.05) is 29.8 Å². The average molecular weight is 477 g/mol. The van der Waals surface area contributed by atoms with Gasteiger partial charge in [-0.2, -0.15) is 0 Å². The van der Waals surface area contributed by atoms with Gasteiger partial charge >= 0.3 is 0 Å². The number of para-hydroxylation sites is 1. The first kappa shape index (κ1) is 22.0. The molecule has 172 valence electrons. The smallest absolute Gasteiger partial charge is 0.296 e. The number of carbonyl (C=O) groups is 1. The maximum absolute atomic E-state index is 13.6. The van der Waals surface area contributed by atoms with Crippen molar-refractivity contribution >= 4 is 34.3 Å². The largest absolute Gasteiger partial charge is 0.490 e. The number of pyridine rings is 1. The zero-order chi connectivity index (χ0) is 23.8. The van der Waals surface area contributed by atoms with Crippen molar-refractivity contribution < 1.29 is 18.7 Å². The number of hydrogen-bond donors (Lipinski definition) is 0.